The van der Waals surface area contributed by atoms with E-state index in [0.29, 0.717) is 5.92 Å². The molecule has 0 radical (unpaired) electrons. The van der Waals surface area contributed by atoms with Crippen molar-refractivity contribution in [3.8, 4) is 0 Å². The summed E-state index contributed by atoms with van der Waals surface area (Å²) in [7, 11) is 0. The molecule has 1 aliphatic carbocycles. The lowest BCUT2D eigenvalue weighted by Gasteiger charge is -2.31. The zero-order valence-electron chi connectivity index (χ0n) is 10.2. The van der Waals surface area contributed by atoms with Crippen LogP contribution in [0.4, 0.5) is 0 Å². The Hall–Kier alpha value is -0.0800. The third kappa shape index (κ3) is 4.98. The summed E-state index contributed by atoms with van der Waals surface area (Å²) in [5.41, 5.74) is 0. The number of aliphatic hydroxyl groups excluding tert-OH is 1. The van der Waals surface area contributed by atoms with E-state index >= 15 is 0 Å². The first kappa shape index (κ1) is 13.0. The van der Waals surface area contributed by atoms with E-state index in [4.69, 9.17) is 4.74 Å². The third-order valence-electron chi connectivity index (χ3n) is 3.35. The van der Waals surface area contributed by atoms with Crippen molar-refractivity contribution >= 4 is 0 Å². The van der Waals surface area contributed by atoms with Crippen LogP contribution in [0.25, 0.3) is 0 Å². The highest BCUT2D eigenvalue weighted by molar-refractivity contribution is 4.78. The number of hydrogen-bond donors (Lipinski definition) is 1. The fourth-order valence-electron chi connectivity index (χ4n) is 2.26. The predicted octanol–water partition coefficient (Wildman–Crippen LogP) is 3.13. The van der Waals surface area contributed by atoms with Crippen molar-refractivity contribution in [2.45, 2.75) is 71.0 Å². The van der Waals surface area contributed by atoms with E-state index in [1.165, 1.54) is 19.3 Å². The van der Waals surface area contributed by atoms with Crippen LogP contribution in [0, 0.1) is 5.92 Å². The van der Waals surface area contributed by atoms with Crippen LogP contribution in [0.15, 0.2) is 0 Å². The average Bonchev–Trinajstić information content (AvgIpc) is 2.23. The Morgan fingerprint density at radius 1 is 1.20 bits per heavy atom. The average molecular weight is 214 g/mol. The van der Waals surface area contributed by atoms with E-state index in [-0.39, 0.29) is 12.2 Å². The molecule has 0 aromatic heterocycles. The minimum Gasteiger partial charge on any atom is -0.390 e. The first-order valence-electron chi connectivity index (χ1n) is 6.53. The Morgan fingerprint density at radius 3 is 2.73 bits per heavy atom. The number of ether oxygens (including phenoxy) is 1. The molecule has 0 aromatic carbocycles. The normalized spacial score (nSPS) is 31.8. The molecule has 0 amide bonds. The lowest BCUT2D eigenvalue weighted by Crippen LogP contribution is -2.35. The van der Waals surface area contributed by atoms with Crippen LogP contribution >= 0.6 is 0 Å². The minimum absolute atomic E-state index is 0.107. The Bertz CT molecular complexity index is 159. The first-order chi connectivity index (χ1) is 7.24. The lowest BCUT2D eigenvalue weighted by molar-refractivity contribution is -0.0701. The van der Waals surface area contributed by atoms with Gasteiger partial charge in [-0.2, -0.15) is 0 Å². The molecule has 15 heavy (non-hydrogen) atoms. The fraction of sp³-hybridized carbons (Fsp3) is 1.00. The van der Waals surface area contributed by atoms with E-state index < -0.39 is 0 Å². The quantitative estimate of drug-likeness (QED) is 0.688. The summed E-state index contributed by atoms with van der Waals surface area (Å²) >= 11 is 0. The molecule has 0 aromatic rings. The van der Waals surface area contributed by atoms with Gasteiger partial charge in [0.15, 0.2) is 0 Å². The summed E-state index contributed by atoms with van der Waals surface area (Å²) in [6.45, 7) is 5.29. The van der Waals surface area contributed by atoms with Gasteiger partial charge in [-0.05, 0) is 31.6 Å². The molecule has 0 saturated heterocycles. The molecule has 3 unspecified atom stereocenters. The molecule has 1 fully saturated rings. The van der Waals surface area contributed by atoms with Crippen LogP contribution in [0.2, 0.25) is 0 Å². The van der Waals surface area contributed by atoms with Gasteiger partial charge in [0.2, 0.25) is 0 Å². The topological polar surface area (TPSA) is 29.5 Å². The fourth-order valence-corrected chi connectivity index (χ4v) is 2.26. The summed E-state index contributed by atoms with van der Waals surface area (Å²) in [4.78, 5) is 0. The molecule has 1 N–H and O–H groups in total. The van der Waals surface area contributed by atoms with Gasteiger partial charge in [0, 0.05) is 6.61 Å². The van der Waals surface area contributed by atoms with Gasteiger partial charge in [0.1, 0.15) is 0 Å². The highest BCUT2D eigenvalue weighted by Gasteiger charge is 2.27. The largest absolute Gasteiger partial charge is 0.390 e. The van der Waals surface area contributed by atoms with Crippen LogP contribution in [0.3, 0.4) is 0 Å². The molecule has 1 aliphatic rings. The van der Waals surface area contributed by atoms with Gasteiger partial charge in [-0.15, -0.1) is 0 Å². The highest BCUT2D eigenvalue weighted by Crippen LogP contribution is 2.26. The van der Waals surface area contributed by atoms with Gasteiger partial charge in [0.25, 0.3) is 0 Å². The van der Waals surface area contributed by atoms with Crippen LogP contribution < -0.4 is 0 Å². The van der Waals surface area contributed by atoms with Crippen LogP contribution in [0.1, 0.15) is 58.8 Å². The molecule has 3 atom stereocenters. The zero-order valence-corrected chi connectivity index (χ0v) is 10.2. The van der Waals surface area contributed by atoms with Crippen molar-refractivity contribution in [3.63, 3.8) is 0 Å². The second-order valence-electron chi connectivity index (χ2n) is 4.96. The van der Waals surface area contributed by atoms with E-state index in [9.17, 15) is 5.11 Å². The molecule has 90 valence electrons. The molecule has 0 heterocycles. The molecule has 0 aliphatic heterocycles. The molecule has 2 heteroatoms. The van der Waals surface area contributed by atoms with Crippen molar-refractivity contribution < 1.29 is 9.84 Å². The Morgan fingerprint density at radius 2 is 2.00 bits per heavy atom. The molecular formula is C13H26O2. The van der Waals surface area contributed by atoms with Crippen LogP contribution in [-0.2, 0) is 4.74 Å². The van der Waals surface area contributed by atoms with Crippen molar-refractivity contribution in [2.75, 3.05) is 6.61 Å². The van der Waals surface area contributed by atoms with Crippen LogP contribution in [0.5, 0.6) is 0 Å². The first-order valence-corrected chi connectivity index (χ1v) is 6.53. The second kappa shape index (κ2) is 7.24. The standard InChI is InChI=1S/C13H26O2/c1-3-4-5-6-9-15-13-10-11(2)7-8-12(13)14/h11-14H,3-10H2,1-2H3. The van der Waals surface area contributed by atoms with Crippen molar-refractivity contribution in [1.29, 1.82) is 0 Å². The van der Waals surface area contributed by atoms with E-state index in [1.54, 1.807) is 0 Å². The van der Waals surface area contributed by atoms with Gasteiger partial charge in [0.05, 0.1) is 12.2 Å². The van der Waals surface area contributed by atoms with Crippen LogP contribution in [-0.4, -0.2) is 23.9 Å². The summed E-state index contributed by atoms with van der Waals surface area (Å²) in [5.74, 6) is 0.717. The Labute approximate surface area is 94.0 Å². The van der Waals surface area contributed by atoms with E-state index in [0.717, 1.165) is 32.3 Å². The van der Waals surface area contributed by atoms with E-state index in [2.05, 4.69) is 13.8 Å². The maximum atomic E-state index is 9.76. The third-order valence-corrected chi connectivity index (χ3v) is 3.35. The molecule has 2 nitrogen and oxygen atoms in total. The Kier molecular flexibility index (Phi) is 6.26. The van der Waals surface area contributed by atoms with E-state index in [1.807, 2.05) is 0 Å². The number of aliphatic hydroxyl groups is 1. The maximum Gasteiger partial charge on any atom is 0.0836 e. The van der Waals surface area contributed by atoms with Gasteiger partial charge >= 0.3 is 0 Å². The summed E-state index contributed by atoms with van der Waals surface area (Å²) in [6.07, 6.45) is 7.96. The number of unbranched alkanes of at least 4 members (excludes halogenated alkanes) is 3. The zero-order chi connectivity index (χ0) is 11.1. The molecule has 0 spiro atoms. The smallest absolute Gasteiger partial charge is 0.0836 e. The van der Waals surface area contributed by atoms with Crippen molar-refractivity contribution in [3.05, 3.63) is 0 Å². The minimum atomic E-state index is -0.215. The maximum absolute atomic E-state index is 9.76. The molecule has 1 rings (SSSR count). The SMILES string of the molecule is CCCCCCOC1CC(C)CCC1O. The highest BCUT2D eigenvalue weighted by atomic mass is 16.5. The monoisotopic (exact) mass is 214 g/mol. The van der Waals surface area contributed by atoms with Crippen molar-refractivity contribution in [1.82, 2.24) is 0 Å². The summed E-state index contributed by atoms with van der Waals surface area (Å²) in [6, 6.07) is 0. The molecule has 1 saturated carbocycles. The van der Waals surface area contributed by atoms with Crippen molar-refractivity contribution in [2.24, 2.45) is 5.92 Å². The molecule has 0 bridgehead atoms. The van der Waals surface area contributed by atoms with Gasteiger partial charge in [-0.1, -0.05) is 33.1 Å². The second-order valence-corrected chi connectivity index (χ2v) is 4.96. The number of hydrogen-bond acceptors (Lipinski definition) is 2. The van der Waals surface area contributed by atoms with Gasteiger partial charge in [-0.25, -0.2) is 0 Å². The summed E-state index contributed by atoms with van der Waals surface area (Å²) in [5, 5.41) is 9.76. The van der Waals surface area contributed by atoms with Gasteiger partial charge in [-0.3, -0.25) is 0 Å². The molecular weight excluding hydrogens is 188 g/mol. The predicted molar refractivity (Wildman–Crippen MR) is 62.9 cm³/mol. The summed E-state index contributed by atoms with van der Waals surface area (Å²) < 4.78 is 5.76. The number of rotatable bonds is 6. The lowest BCUT2D eigenvalue weighted by atomic mass is 9.86. The Balaban J connectivity index is 2.08. The van der Waals surface area contributed by atoms with Gasteiger partial charge < -0.3 is 9.84 Å².